The highest BCUT2D eigenvalue weighted by Crippen LogP contribution is 2.16. The molecular weight excluding hydrogens is 244 g/mol. The summed E-state index contributed by atoms with van der Waals surface area (Å²) in [6.07, 6.45) is -0.907. The molecule has 0 spiro atoms. The Balaban J connectivity index is 1.81. The molecule has 2 rings (SSSR count). The first-order valence-corrected chi connectivity index (χ1v) is 5.65. The van der Waals surface area contributed by atoms with E-state index in [2.05, 4.69) is 4.98 Å². The van der Waals surface area contributed by atoms with Gasteiger partial charge in [-0.2, -0.15) is 0 Å². The predicted molar refractivity (Wildman–Crippen MR) is 62.2 cm³/mol. The molecule has 1 saturated heterocycles. The van der Waals surface area contributed by atoms with Crippen LogP contribution < -0.4 is 0 Å². The third kappa shape index (κ3) is 2.87. The Labute approximate surface area is 104 Å². The minimum atomic E-state index is -0.894. The van der Waals surface area contributed by atoms with E-state index in [-0.39, 0.29) is 6.10 Å². The highest BCUT2D eigenvalue weighted by atomic mass is 35.5. The molecule has 1 aliphatic heterocycles. The summed E-state index contributed by atoms with van der Waals surface area (Å²) in [5, 5.41) is 9.12. The van der Waals surface area contributed by atoms with E-state index < -0.39 is 6.09 Å². The average molecular weight is 257 g/mol. The lowest BCUT2D eigenvalue weighted by molar-refractivity contribution is -0.0524. The maximum absolute atomic E-state index is 10.5. The van der Waals surface area contributed by atoms with E-state index in [4.69, 9.17) is 21.4 Å². The minimum absolute atomic E-state index is 0.0128. The second kappa shape index (κ2) is 4.89. The van der Waals surface area contributed by atoms with Crippen molar-refractivity contribution in [2.24, 2.45) is 0 Å². The zero-order valence-electron chi connectivity index (χ0n) is 9.39. The third-order valence-corrected chi connectivity index (χ3v) is 2.96. The number of carbonyl (C=O) groups is 1. The molecule has 2 heterocycles. The lowest BCUT2D eigenvalue weighted by atomic mass is 10.2. The van der Waals surface area contributed by atoms with Crippen molar-refractivity contribution in [3.05, 3.63) is 28.5 Å². The van der Waals surface area contributed by atoms with Crippen LogP contribution in [0, 0.1) is 6.92 Å². The summed E-state index contributed by atoms with van der Waals surface area (Å²) < 4.78 is 5.58. The number of aromatic nitrogens is 1. The first-order chi connectivity index (χ1) is 8.06. The summed E-state index contributed by atoms with van der Waals surface area (Å²) in [5.41, 5.74) is 1.81. The molecule has 1 N–H and O–H groups in total. The fraction of sp³-hybridized carbons (Fsp3) is 0.455. The Hall–Kier alpha value is -1.33. The van der Waals surface area contributed by atoms with Crippen molar-refractivity contribution in [3.8, 4) is 0 Å². The molecule has 5 nitrogen and oxygen atoms in total. The largest absolute Gasteiger partial charge is 0.465 e. The molecule has 0 radical (unpaired) electrons. The van der Waals surface area contributed by atoms with Gasteiger partial charge >= 0.3 is 6.09 Å². The van der Waals surface area contributed by atoms with Gasteiger partial charge in [0.15, 0.2) is 0 Å². The van der Waals surface area contributed by atoms with Gasteiger partial charge in [0.1, 0.15) is 5.15 Å². The van der Waals surface area contributed by atoms with Gasteiger partial charge in [0.2, 0.25) is 0 Å². The normalized spacial score (nSPS) is 15.8. The quantitative estimate of drug-likeness (QED) is 0.840. The van der Waals surface area contributed by atoms with Crippen LogP contribution in [-0.4, -0.2) is 40.3 Å². The Morgan fingerprint density at radius 1 is 1.65 bits per heavy atom. The number of amides is 1. The summed E-state index contributed by atoms with van der Waals surface area (Å²) in [4.78, 5) is 16.0. The molecule has 0 saturated carbocycles. The van der Waals surface area contributed by atoms with E-state index >= 15 is 0 Å². The molecule has 1 aromatic rings. The molecule has 1 aromatic heterocycles. The van der Waals surface area contributed by atoms with Gasteiger partial charge in [-0.15, -0.1) is 0 Å². The first kappa shape index (κ1) is 12.1. The number of pyridine rings is 1. The summed E-state index contributed by atoms with van der Waals surface area (Å²) in [6, 6.07) is 3.59. The van der Waals surface area contributed by atoms with Crippen LogP contribution in [0.2, 0.25) is 5.15 Å². The second-order valence-corrected chi connectivity index (χ2v) is 4.39. The van der Waals surface area contributed by atoms with Crippen molar-refractivity contribution in [1.29, 1.82) is 0 Å². The van der Waals surface area contributed by atoms with E-state index in [0.717, 1.165) is 11.3 Å². The first-order valence-electron chi connectivity index (χ1n) is 5.28. The summed E-state index contributed by atoms with van der Waals surface area (Å²) in [7, 11) is 0. The molecule has 1 amide bonds. The maximum atomic E-state index is 10.5. The molecule has 0 atom stereocenters. The number of ether oxygens (including phenoxy) is 1. The smallest absolute Gasteiger partial charge is 0.407 e. The molecule has 92 valence electrons. The maximum Gasteiger partial charge on any atom is 0.407 e. The molecule has 0 bridgehead atoms. The van der Waals surface area contributed by atoms with Gasteiger partial charge in [0.25, 0.3) is 0 Å². The Kier molecular flexibility index (Phi) is 3.49. The topological polar surface area (TPSA) is 62.7 Å². The summed E-state index contributed by atoms with van der Waals surface area (Å²) in [5.74, 6) is 0. The van der Waals surface area contributed by atoms with Gasteiger partial charge < -0.3 is 14.7 Å². The lowest BCUT2D eigenvalue weighted by Gasteiger charge is -2.36. The zero-order chi connectivity index (χ0) is 12.4. The van der Waals surface area contributed by atoms with Crippen LogP contribution in [0.25, 0.3) is 0 Å². The number of nitrogens with zero attached hydrogens (tertiary/aromatic N) is 2. The van der Waals surface area contributed by atoms with Crippen molar-refractivity contribution in [2.45, 2.75) is 19.6 Å². The van der Waals surface area contributed by atoms with Gasteiger partial charge in [-0.05, 0) is 18.6 Å². The minimum Gasteiger partial charge on any atom is -0.465 e. The van der Waals surface area contributed by atoms with Crippen LogP contribution in [0.5, 0.6) is 0 Å². The van der Waals surface area contributed by atoms with Gasteiger partial charge in [-0.3, -0.25) is 0 Å². The van der Waals surface area contributed by atoms with Gasteiger partial charge in [0.05, 0.1) is 25.8 Å². The number of rotatable bonds is 3. The highest BCUT2D eigenvalue weighted by molar-refractivity contribution is 6.29. The van der Waals surface area contributed by atoms with E-state index in [1.165, 1.54) is 4.90 Å². The predicted octanol–water partition coefficient (Wildman–Crippen LogP) is 1.92. The highest BCUT2D eigenvalue weighted by Gasteiger charge is 2.31. The number of likely N-dealkylation sites (tertiary alicyclic amines) is 1. The third-order valence-electron chi connectivity index (χ3n) is 2.75. The van der Waals surface area contributed by atoms with E-state index in [1.807, 2.05) is 13.0 Å². The fourth-order valence-electron chi connectivity index (χ4n) is 1.62. The number of carboxylic acid groups (broad SMARTS) is 1. The van der Waals surface area contributed by atoms with Crippen molar-refractivity contribution in [1.82, 2.24) is 9.88 Å². The van der Waals surface area contributed by atoms with E-state index in [1.54, 1.807) is 6.07 Å². The SMILES string of the molecule is Cc1nc(Cl)ccc1COC1CN(C(=O)O)C1. The van der Waals surface area contributed by atoms with Crippen molar-refractivity contribution in [3.63, 3.8) is 0 Å². The number of aryl methyl sites for hydroxylation is 1. The Bertz CT molecular complexity index is 433. The second-order valence-electron chi connectivity index (χ2n) is 4.00. The summed E-state index contributed by atoms with van der Waals surface area (Å²) in [6.45, 7) is 3.19. The molecule has 1 fully saturated rings. The molecule has 0 unspecified atom stereocenters. The van der Waals surface area contributed by atoms with Gasteiger partial charge in [0, 0.05) is 5.69 Å². The molecule has 0 aliphatic carbocycles. The lowest BCUT2D eigenvalue weighted by Crippen LogP contribution is -2.54. The van der Waals surface area contributed by atoms with Gasteiger partial charge in [-0.1, -0.05) is 17.7 Å². The Morgan fingerprint density at radius 2 is 2.35 bits per heavy atom. The monoisotopic (exact) mass is 256 g/mol. The van der Waals surface area contributed by atoms with Crippen LogP contribution >= 0.6 is 11.6 Å². The molecule has 17 heavy (non-hydrogen) atoms. The molecule has 1 aliphatic rings. The molecular formula is C11H13ClN2O3. The van der Waals surface area contributed by atoms with E-state index in [9.17, 15) is 4.79 Å². The van der Waals surface area contributed by atoms with Crippen LogP contribution in [-0.2, 0) is 11.3 Å². The molecule has 6 heteroatoms. The number of hydrogen-bond acceptors (Lipinski definition) is 3. The molecule has 0 aromatic carbocycles. The van der Waals surface area contributed by atoms with Crippen LogP contribution in [0.4, 0.5) is 4.79 Å². The van der Waals surface area contributed by atoms with Gasteiger partial charge in [-0.25, -0.2) is 9.78 Å². The zero-order valence-corrected chi connectivity index (χ0v) is 10.1. The number of hydrogen-bond donors (Lipinski definition) is 1. The summed E-state index contributed by atoms with van der Waals surface area (Å²) >= 11 is 5.75. The van der Waals surface area contributed by atoms with Crippen molar-refractivity contribution < 1.29 is 14.6 Å². The van der Waals surface area contributed by atoms with Crippen LogP contribution in [0.15, 0.2) is 12.1 Å². The van der Waals surface area contributed by atoms with Crippen molar-refractivity contribution >= 4 is 17.7 Å². The average Bonchev–Trinajstić information content (AvgIpc) is 2.17. The number of halogens is 1. The van der Waals surface area contributed by atoms with Crippen molar-refractivity contribution in [2.75, 3.05) is 13.1 Å². The fourth-order valence-corrected chi connectivity index (χ4v) is 1.81. The standard InChI is InChI=1S/C11H13ClN2O3/c1-7-8(2-3-10(12)13-7)6-17-9-4-14(5-9)11(15)16/h2-3,9H,4-6H2,1H3,(H,15,16). The Morgan fingerprint density at radius 3 is 2.94 bits per heavy atom. The van der Waals surface area contributed by atoms with Crippen LogP contribution in [0.3, 0.4) is 0 Å². The van der Waals surface area contributed by atoms with Crippen LogP contribution in [0.1, 0.15) is 11.3 Å². The van der Waals surface area contributed by atoms with E-state index in [0.29, 0.717) is 24.8 Å².